The van der Waals surface area contributed by atoms with E-state index in [0.29, 0.717) is 17.5 Å². The number of para-hydroxylation sites is 2. The van der Waals surface area contributed by atoms with Crippen LogP contribution >= 0.6 is 11.3 Å². The molecule has 1 aliphatic heterocycles. The summed E-state index contributed by atoms with van der Waals surface area (Å²) in [5, 5.41) is 7.36. The lowest BCUT2D eigenvalue weighted by atomic mass is 9.88. The van der Waals surface area contributed by atoms with Crippen molar-refractivity contribution in [1.29, 1.82) is 0 Å². The van der Waals surface area contributed by atoms with Gasteiger partial charge in [0.15, 0.2) is 17.5 Å². The van der Waals surface area contributed by atoms with Gasteiger partial charge < -0.3 is 9.47 Å². The number of benzene rings is 9. The fraction of sp³-hybridized carbons (Fsp3) is 0. The van der Waals surface area contributed by atoms with Crippen molar-refractivity contribution in [2.75, 3.05) is 4.90 Å². The minimum atomic E-state index is 0.641. The first kappa shape index (κ1) is 34.0. The van der Waals surface area contributed by atoms with Gasteiger partial charge in [-0.25, -0.2) is 15.0 Å². The van der Waals surface area contributed by atoms with Crippen LogP contribution in [-0.4, -0.2) is 19.5 Å². The number of hydrogen-bond acceptors (Lipinski definition) is 5. The van der Waals surface area contributed by atoms with Gasteiger partial charge >= 0.3 is 0 Å². The van der Waals surface area contributed by atoms with Gasteiger partial charge in [-0.05, 0) is 59.5 Å². The Morgan fingerprint density at radius 3 is 1.77 bits per heavy atom. The first-order valence-corrected chi connectivity index (χ1v) is 21.3. The zero-order valence-corrected chi connectivity index (χ0v) is 33.5. The van der Waals surface area contributed by atoms with Gasteiger partial charge in [-0.3, -0.25) is 0 Å². The van der Waals surface area contributed by atoms with E-state index in [0.717, 1.165) is 50.2 Å². The van der Waals surface area contributed by atoms with Crippen LogP contribution in [0.3, 0.4) is 0 Å². The van der Waals surface area contributed by atoms with Gasteiger partial charge in [-0.2, -0.15) is 0 Å². The Balaban J connectivity index is 1.06. The van der Waals surface area contributed by atoms with Crippen LogP contribution in [0.25, 0.3) is 104 Å². The number of anilines is 3. The highest BCUT2D eigenvalue weighted by atomic mass is 32.1. The van der Waals surface area contributed by atoms with E-state index in [9.17, 15) is 0 Å². The monoisotopic (exact) mass is 795 g/mol. The van der Waals surface area contributed by atoms with Crippen molar-refractivity contribution in [2.45, 2.75) is 0 Å². The molecule has 3 aromatic heterocycles. The van der Waals surface area contributed by atoms with Crippen molar-refractivity contribution < 1.29 is 0 Å². The van der Waals surface area contributed by atoms with Gasteiger partial charge in [0.25, 0.3) is 0 Å². The predicted molar refractivity (Wildman–Crippen MR) is 255 cm³/mol. The molecule has 0 radical (unpaired) electrons. The molecule has 13 rings (SSSR count). The van der Waals surface area contributed by atoms with Crippen molar-refractivity contribution >= 4 is 81.1 Å². The summed E-state index contributed by atoms with van der Waals surface area (Å²) in [6.07, 6.45) is 0. The number of aromatic nitrogens is 4. The third-order valence-electron chi connectivity index (χ3n) is 12.2. The summed E-state index contributed by atoms with van der Waals surface area (Å²) in [5.41, 5.74) is 12.1. The Bertz CT molecular complexity index is 3650. The molecule has 5 nitrogen and oxygen atoms in total. The molecule has 0 fully saturated rings. The zero-order valence-electron chi connectivity index (χ0n) is 32.7. The highest BCUT2D eigenvalue weighted by Gasteiger charge is 2.29. The molecule has 0 saturated carbocycles. The van der Waals surface area contributed by atoms with E-state index < -0.39 is 0 Å². The zero-order chi connectivity index (χ0) is 40.0. The van der Waals surface area contributed by atoms with Crippen LogP contribution in [0.5, 0.6) is 0 Å². The molecular weight excluding hydrogens is 763 g/mol. The van der Waals surface area contributed by atoms with Crippen molar-refractivity contribution in [3.05, 3.63) is 200 Å². The van der Waals surface area contributed by atoms with E-state index in [4.69, 9.17) is 15.0 Å². The molecule has 0 amide bonds. The van der Waals surface area contributed by atoms with E-state index >= 15 is 0 Å². The van der Waals surface area contributed by atoms with E-state index in [1.807, 2.05) is 47.7 Å². The predicted octanol–water partition coefficient (Wildman–Crippen LogP) is 14.9. The molecule has 4 heterocycles. The van der Waals surface area contributed by atoms with Gasteiger partial charge in [0.1, 0.15) is 0 Å². The Kier molecular flexibility index (Phi) is 7.41. The van der Waals surface area contributed by atoms with Gasteiger partial charge in [0.2, 0.25) is 0 Å². The second-order valence-electron chi connectivity index (χ2n) is 15.6. The summed E-state index contributed by atoms with van der Waals surface area (Å²) < 4.78 is 5.09. The number of thiophene rings is 1. The van der Waals surface area contributed by atoms with E-state index in [-0.39, 0.29) is 0 Å². The van der Waals surface area contributed by atoms with E-state index in [2.05, 4.69) is 173 Å². The van der Waals surface area contributed by atoms with Crippen LogP contribution < -0.4 is 4.90 Å². The Morgan fingerprint density at radius 1 is 0.377 bits per heavy atom. The van der Waals surface area contributed by atoms with Gasteiger partial charge in [0.05, 0.1) is 27.1 Å². The minimum Gasteiger partial charge on any atom is -0.309 e. The van der Waals surface area contributed by atoms with Gasteiger partial charge in [-0.1, -0.05) is 152 Å². The molecule has 0 unspecified atom stereocenters. The summed E-state index contributed by atoms with van der Waals surface area (Å²) in [6.45, 7) is 0. The van der Waals surface area contributed by atoms with Crippen LogP contribution in [0, 0.1) is 0 Å². The van der Waals surface area contributed by atoms with Crippen LogP contribution in [0.4, 0.5) is 17.1 Å². The van der Waals surface area contributed by atoms with Crippen molar-refractivity contribution in [1.82, 2.24) is 19.5 Å². The normalized spacial score (nSPS) is 12.2. The molecule has 61 heavy (non-hydrogen) atoms. The first-order valence-electron chi connectivity index (χ1n) is 20.5. The van der Waals surface area contributed by atoms with Crippen molar-refractivity contribution in [2.24, 2.45) is 0 Å². The second-order valence-corrected chi connectivity index (χ2v) is 16.6. The molecule has 1 aliphatic rings. The molecule has 0 N–H and O–H groups in total. The summed E-state index contributed by atoms with van der Waals surface area (Å²) in [4.78, 5) is 17.7. The summed E-state index contributed by atoms with van der Waals surface area (Å²) in [6, 6.07) is 71.4. The van der Waals surface area contributed by atoms with Crippen molar-refractivity contribution in [3.8, 4) is 51.0 Å². The van der Waals surface area contributed by atoms with Crippen LogP contribution in [0.1, 0.15) is 0 Å². The molecule has 284 valence electrons. The summed E-state index contributed by atoms with van der Waals surface area (Å²) in [7, 11) is 0. The maximum Gasteiger partial charge on any atom is 0.164 e. The third-order valence-corrected chi connectivity index (χ3v) is 13.4. The maximum absolute atomic E-state index is 5.16. The lowest BCUT2D eigenvalue weighted by molar-refractivity contribution is 1.08. The lowest BCUT2D eigenvalue weighted by Crippen LogP contribution is -2.16. The Hall–Kier alpha value is -7.93. The Labute approximate surface area is 355 Å². The SMILES string of the molecule is c1ccc(-c2nc(-c3ccccc3)nc(-c3ccc4c5c(cccc35)-c3ccc(-n5c6ccccc6c6ccc7c8ccccc8sc7c65)cc3N4c3ccccc3)n2)cc1. The van der Waals surface area contributed by atoms with E-state index in [1.165, 1.54) is 53.1 Å². The number of rotatable bonds is 5. The topological polar surface area (TPSA) is 46.8 Å². The fourth-order valence-electron chi connectivity index (χ4n) is 9.48. The molecule has 0 bridgehead atoms. The molecule has 0 spiro atoms. The molecule has 0 aliphatic carbocycles. The molecule has 9 aromatic carbocycles. The average Bonchev–Trinajstić information content (AvgIpc) is 3.88. The average molecular weight is 796 g/mol. The minimum absolute atomic E-state index is 0.641. The van der Waals surface area contributed by atoms with Gasteiger partial charge in [-0.15, -0.1) is 11.3 Å². The third kappa shape index (κ3) is 5.16. The summed E-state index contributed by atoms with van der Waals surface area (Å²) >= 11 is 1.88. The molecule has 0 atom stereocenters. The fourth-order valence-corrected chi connectivity index (χ4v) is 10.7. The summed E-state index contributed by atoms with van der Waals surface area (Å²) in [5.74, 6) is 1.93. The molecule has 0 saturated heterocycles. The number of fused-ring (bicyclic) bond motifs is 9. The first-order chi connectivity index (χ1) is 30.3. The Morgan fingerprint density at radius 2 is 1.00 bits per heavy atom. The second kappa shape index (κ2) is 13.3. The standard InChI is InChI=1S/C55H33N5S/c1-4-15-34(16-5-1)53-56-54(35-17-6-2-7-18-35)58-55(57-53)45-31-32-47-50-41(23-14-24-42(45)50)39-28-27-37(33-48(39)59(47)36-19-8-3-9-20-36)60-46-25-12-10-21-38(46)43-29-30-44-40-22-11-13-26-49(40)61-52(44)51(43)60/h1-33H. The lowest BCUT2D eigenvalue weighted by Gasteiger charge is -2.34. The van der Waals surface area contributed by atoms with Crippen LogP contribution in [0.2, 0.25) is 0 Å². The highest BCUT2D eigenvalue weighted by Crippen LogP contribution is 2.53. The molecule has 6 heteroatoms. The van der Waals surface area contributed by atoms with Crippen LogP contribution in [0.15, 0.2) is 200 Å². The highest BCUT2D eigenvalue weighted by molar-refractivity contribution is 7.26. The van der Waals surface area contributed by atoms with Crippen molar-refractivity contribution in [3.63, 3.8) is 0 Å². The maximum atomic E-state index is 5.16. The van der Waals surface area contributed by atoms with E-state index in [1.54, 1.807) is 0 Å². The molecular formula is C55H33N5S. The van der Waals surface area contributed by atoms with Crippen LogP contribution in [-0.2, 0) is 0 Å². The molecule has 12 aromatic rings. The number of hydrogen-bond donors (Lipinski definition) is 0. The van der Waals surface area contributed by atoms with Gasteiger partial charge in [0, 0.05) is 65.3 Å². The quantitative estimate of drug-likeness (QED) is 0.174. The smallest absolute Gasteiger partial charge is 0.164 e. The largest absolute Gasteiger partial charge is 0.309 e. The number of nitrogens with zero attached hydrogens (tertiary/aromatic N) is 5.